The van der Waals surface area contributed by atoms with Crippen LogP contribution in [-0.4, -0.2) is 34.9 Å². The van der Waals surface area contributed by atoms with Crippen LogP contribution in [0, 0.1) is 0 Å². The number of hydrogen-bond acceptors (Lipinski definition) is 3. The summed E-state index contributed by atoms with van der Waals surface area (Å²) < 4.78 is 0. The molecule has 2 unspecified atom stereocenters. The Bertz CT molecular complexity index is 1300. The summed E-state index contributed by atoms with van der Waals surface area (Å²) in [6, 6.07) is -0.675. The third-order valence-corrected chi connectivity index (χ3v) is 9.78. The van der Waals surface area contributed by atoms with Gasteiger partial charge in [0.15, 0.2) is 0 Å². The molecule has 0 aromatic carbocycles. The van der Waals surface area contributed by atoms with Gasteiger partial charge in [-0.05, 0) is 116 Å². The van der Waals surface area contributed by atoms with Crippen molar-refractivity contribution < 1.29 is 15.0 Å². The second-order valence-corrected chi connectivity index (χ2v) is 15.4. The summed E-state index contributed by atoms with van der Waals surface area (Å²) >= 11 is 0. The molecule has 1 amide bonds. The van der Waals surface area contributed by atoms with Crippen LogP contribution in [0.4, 0.5) is 0 Å². The van der Waals surface area contributed by atoms with Crippen molar-refractivity contribution in [3.05, 3.63) is 146 Å². The Morgan fingerprint density at radius 1 is 0.417 bits per heavy atom. The van der Waals surface area contributed by atoms with E-state index in [-0.39, 0.29) is 12.5 Å². The lowest BCUT2D eigenvalue weighted by molar-refractivity contribution is -0.123. The minimum Gasteiger partial charge on any atom is -0.394 e. The first-order valence-electron chi connectivity index (χ1n) is 24.0. The van der Waals surface area contributed by atoms with E-state index in [1.807, 2.05) is 6.08 Å². The van der Waals surface area contributed by atoms with E-state index in [4.69, 9.17) is 0 Å². The van der Waals surface area contributed by atoms with Gasteiger partial charge in [-0.1, -0.05) is 205 Å². The first-order chi connectivity index (χ1) is 29.7. The number of aliphatic hydroxyl groups is 2. The molecule has 3 N–H and O–H groups in total. The van der Waals surface area contributed by atoms with E-state index in [0.29, 0.717) is 6.42 Å². The van der Waals surface area contributed by atoms with Crippen molar-refractivity contribution in [3.8, 4) is 0 Å². The van der Waals surface area contributed by atoms with Gasteiger partial charge in [-0.15, -0.1) is 0 Å². The Balaban J connectivity index is 3.79. The van der Waals surface area contributed by atoms with Crippen LogP contribution in [0.25, 0.3) is 0 Å². The topological polar surface area (TPSA) is 69.6 Å². The molecular formula is C56H89NO3. The monoisotopic (exact) mass is 824 g/mol. The Labute approximate surface area is 370 Å². The summed E-state index contributed by atoms with van der Waals surface area (Å²) in [5, 5.41) is 23.0. The highest BCUT2D eigenvalue weighted by molar-refractivity contribution is 5.76. The number of aliphatic hydroxyl groups excluding tert-OH is 2. The zero-order chi connectivity index (χ0) is 43.5. The van der Waals surface area contributed by atoms with Gasteiger partial charge >= 0.3 is 0 Å². The molecule has 4 heteroatoms. The van der Waals surface area contributed by atoms with Crippen LogP contribution in [0.3, 0.4) is 0 Å². The van der Waals surface area contributed by atoms with Gasteiger partial charge < -0.3 is 15.5 Å². The normalized spacial score (nSPS) is 14.3. The zero-order valence-corrected chi connectivity index (χ0v) is 38.4. The molecule has 0 fully saturated rings. The summed E-state index contributed by atoms with van der Waals surface area (Å²) in [5.74, 6) is -0.118. The number of rotatable bonds is 41. The third-order valence-electron chi connectivity index (χ3n) is 9.78. The van der Waals surface area contributed by atoms with Gasteiger partial charge in [0.05, 0.1) is 18.8 Å². The highest BCUT2D eigenvalue weighted by Gasteiger charge is 2.17. The Kier molecular flexibility index (Phi) is 46.5. The number of amides is 1. The number of carbonyl (C=O) groups is 1. The fourth-order valence-corrected chi connectivity index (χ4v) is 6.14. The van der Waals surface area contributed by atoms with Crippen molar-refractivity contribution in [2.75, 3.05) is 6.61 Å². The predicted molar refractivity (Wildman–Crippen MR) is 266 cm³/mol. The van der Waals surface area contributed by atoms with Gasteiger partial charge in [0.1, 0.15) is 0 Å². The number of carbonyl (C=O) groups excluding carboxylic acids is 1. The lowest BCUT2D eigenvalue weighted by atomic mass is 10.1. The first-order valence-corrected chi connectivity index (χ1v) is 24.0. The van der Waals surface area contributed by atoms with Gasteiger partial charge in [-0.25, -0.2) is 0 Å². The van der Waals surface area contributed by atoms with Crippen molar-refractivity contribution in [1.82, 2.24) is 5.32 Å². The van der Waals surface area contributed by atoms with E-state index in [1.54, 1.807) is 6.08 Å². The lowest BCUT2D eigenvalue weighted by Crippen LogP contribution is -2.45. The zero-order valence-electron chi connectivity index (χ0n) is 38.4. The molecule has 0 aliphatic rings. The van der Waals surface area contributed by atoms with E-state index in [9.17, 15) is 15.0 Å². The minimum atomic E-state index is -0.895. The van der Waals surface area contributed by atoms with Crippen molar-refractivity contribution in [2.45, 2.75) is 193 Å². The smallest absolute Gasteiger partial charge is 0.220 e. The van der Waals surface area contributed by atoms with E-state index in [1.165, 1.54) is 51.4 Å². The first kappa shape index (κ1) is 56.3. The van der Waals surface area contributed by atoms with Crippen LogP contribution in [0.2, 0.25) is 0 Å². The third kappa shape index (κ3) is 45.4. The molecule has 2 atom stereocenters. The Hall–Kier alpha value is -3.73. The maximum absolute atomic E-state index is 12.4. The van der Waals surface area contributed by atoms with Gasteiger partial charge in [0.25, 0.3) is 0 Å². The van der Waals surface area contributed by atoms with Crippen molar-refractivity contribution in [3.63, 3.8) is 0 Å². The molecule has 0 saturated carbocycles. The summed E-state index contributed by atoms with van der Waals surface area (Å²) in [4.78, 5) is 12.4. The predicted octanol–water partition coefficient (Wildman–Crippen LogP) is 15.7. The molecule has 0 radical (unpaired) electrons. The summed E-state index contributed by atoms with van der Waals surface area (Å²) in [7, 11) is 0. The fourth-order valence-electron chi connectivity index (χ4n) is 6.14. The molecule has 0 aromatic heterocycles. The van der Waals surface area contributed by atoms with Gasteiger partial charge in [0.2, 0.25) is 5.91 Å². The molecule has 60 heavy (non-hydrogen) atoms. The average Bonchev–Trinajstić information content (AvgIpc) is 3.25. The Morgan fingerprint density at radius 2 is 0.750 bits per heavy atom. The molecule has 336 valence electrons. The van der Waals surface area contributed by atoms with Crippen molar-refractivity contribution in [2.24, 2.45) is 0 Å². The molecule has 4 nitrogen and oxygen atoms in total. The minimum absolute atomic E-state index is 0.118. The van der Waals surface area contributed by atoms with Gasteiger partial charge in [-0.2, -0.15) is 0 Å². The Morgan fingerprint density at radius 3 is 1.17 bits per heavy atom. The second-order valence-electron chi connectivity index (χ2n) is 15.4. The molecular weight excluding hydrogens is 735 g/mol. The van der Waals surface area contributed by atoms with Crippen LogP contribution in [0.15, 0.2) is 146 Å². The summed E-state index contributed by atoms with van der Waals surface area (Å²) in [6.45, 7) is 4.14. The maximum atomic E-state index is 12.4. The molecule has 0 heterocycles. The van der Waals surface area contributed by atoms with Gasteiger partial charge in [-0.3, -0.25) is 4.79 Å². The quantitative estimate of drug-likeness (QED) is 0.0425. The van der Waals surface area contributed by atoms with Crippen LogP contribution < -0.4 is 5.32 Å². The molecule has 0 bridgehead atoms. The number of nitrogens with one attached hydrogen (secondary N) is 1. The van der Waals surface area contributed by atoms with Crippen molar-refractivity contribution in [1.29, 1.82) is 0 Å². The van der Waals surface area contributed by atoms with Crippen molar-refractivity contribution >= 4 is 5.91 Å². The number of unbranched alkanes of at least 4 members (excludes halogenated alkanes) is 12. The van der Waals surface area contributed by atoms with Crippen LogP contribution in [-0.2, 0) is 4.79 Å². The molecule has 0 aliphatic heterocycles. The number of hydrogen-bond donors (Lipinski definition) is 3. The molecule has 0 rings (SSSR count). The van der Waals surface area contributed by atoms with E-state index < -0.39 is 12.1 Å². The molecule has 0 saturated heterocycles. The lowest BCUT2D eigenvalue weighted by Gasteiger charge is -2.19. The van der Waals surface area contributed by atoms with Crippen LogP contribution >= 0.6 is 0 Å². The van der Waals surface area contributed by atoms with E-state index in [2.05, 4.69) is 153 Å². The summed E-state index contributed by atoms with van der Waals surface area (Å²) in [5.41, 5.74) is 0. The highest BCUT2D eigenvalue weighted by atomic mass is 16.3. The SMILES string of the molecule is CC/C=C\C/C=C\C/C=C\C/C=C\C/C=C\C/C=C\C/C=C\C/C=C\C/C=C\CCCCCC(=O)NC(CO)C(O)/C=C/CC/C=C/CC/C=C/CCCCCCCCC. The van der Waals surface area contributed by atoms with E-state index in [0.717, 1.165) is 109 Å². The molecule has 0 aromatic rings. The number of allylic oxidation sites excluding steroid dienone is 23. The second kappa shape index (κ2) is 49.6. The maximum Gasteiger partial charge on any atom is 0.220 e. The van der Waals surface area contributed by atoms with Crippen LogP contribution in [0.5, 0.6) is 0 Å². The standard InChI is InChI=1S/C56H89NO3/c1-3-5-7-9-11-13-15-17-19-21-22-23-24-25-26-27-28-29-30-31-32-33-34-36-38-40-42-44-46-48-50-52-56(60)57-54(53-58)55(59)51-49-47-45-43-41-39-37-35-20-18-16-14-12-10-8-6-4-2/h5,7,11,13,17,19-20,22-23,25-26,28-29,31-32,34-36,40-43,49,51,54-55,58-59H,3-4,6,8-10,12,14-16,18,21,24,27,30,33,37-39,44-48,50,52-53H2,1-2H3,(H,57,60)/b7-5-,13-11-,19-17-,23-22-,26-25-,29-28-,32-31-,35-20+,36-34-,42-40-,43-41+,51-49+. The largest absolute Gasteiger partial charge is 0.394 e. The van der Waals surface area contributed by atoms with Gasteiger partial charge in [0, 0.05) is 6.42 Å². The fraction of sp³-hybridized carbons (Fsp3) is 0.554. The van der Waals surface area contributed by atoms with E-state index >= 15 is 0 Å². The highest BCUT2D eigenvalue weighted by Crippen LogP contribution is 2.10. The van der Waals surface area contributed by atoms with Crippen LogP contribution in [0.1, 0.15) is 181 Å². The summed E-state index contributed by atoms with van der Waals surface area (Å²) in [6.07, 6.45) is 79.6. The molecule has 0 spiro atoms. The average molecular weight is 824 g/mol. The molecule has 0 aliphatic carbocycles.